The monoisotopic (exact) mass is 664 g/mol. The molecule has 3 N–H and O–H groups in total. The summed E-state index contributed by atoms with van der Waals surface area (Å²) in [5.41, 5.74) is 1.80. The summed E-state index contributed by atoms with van der Waals surface area (Å²) in [7, 11) is -0.363. The fourth-order valence-corrected chi connectivity index (χ4v) is 5.91. The highest BCUT2D eigenvalue weighted by Gasteiger charge is 2.47. The molecule has 2 heterocycles. The van der Waals surface area contributed by atoms with Crippen molar-refractivity contribution < 1.29 is 23.1 Å². The van der Waals surface area contributed by atoms with Crippen LogP contribution >= 0.6 is 0 Å². The van der Waals surface area contributed by atoms with Crippen LogP contribution in [-0.4, -0.2) is 86.5 Å². The molecular formula is C35H48N6O5S. The minimum absolute atomic E-state index is 0.118. The van der Waals surface area contributed by atoms with Gasteiger partial charge in [0.25, 0.3) is 5.91 Å². The molecule has 3 aromatic rings. The summed E-state index contributed by atoms with van der Waals surface area (Å²) >= 11 is 0. The molecule has 1 aromatic heterocycles. The van der Waals surface area contributed by atoms with Crippen LogP contribution in [0.5, 0.6) is 0 Å². The van der Waals surface area contributed by atoms with E-state index in [4.69, 9.17) is 0 Å². The Bertz CT molecular complexity index is 1640. The van der Waals surface area contributed by atoms with Crippen molar-refractivity contribution in [1.29, 1.82) is 0 Å². The van der Waals surface area contributed by atoms with Gasteiger partial charge in [0.15, 0.2) is 0 Å². The number of carbonyl (C=O) groups excluding carboxylic acids is 2. The van der Waals surface area contributed by atoms with E-state index in [9.17, 15) is 23.1 Å². The summed E-state index contributed by atoms with van der Waals surface area (Å²) in [5, 5.41) is 16.8. The first-order chi connectivity index (χ1) is 22.1. The maximum absolute atomic E-state index is 13.2. The van der Waals surface area contributed by atoms with Gasteiger partial charge in [0.2, 0.25) is 15.9 Å². The zero-order chi connectivity index (χ0) is 34.5. The van der Waals surface area contributed by atoms with E-state index < -0.39 is 33.7 Å². The number of aromatic nitrogens is 1. The number of rotatable bonds is 11. The molecular weight excluding hydrogens is 616 g/mol. The highest BCUT2D eigenvalue weighted by Crippen LogP contribution is 2.38. The predicted molar refractivity (Wildman–Crippen MR) is 186 cm³/mol. The Kier molecular flexibility index (Phi) is 11.3. The zero-order valence-corrected chi connectivity index (χ0v) is 29.2. The fraction of sp³-hybridized carbons (Fsp3) is 0.457. The van der Waals surface area contributed by atoms with E-state index in [1.54, 1.807) is 11.0 Å². The van der Waals surface area contributed by atoms with E-state index in [1.165, 1.54) is 18.7 Å². The first-order valence-electron chi connectivity index (χ1n) is 15.8. The maximum atomic E-state index is 13.2. The minimum atomic E-state index is -3.61. The van der Waals surface area contributed by atoms with E-state index in [2.05, 4.69) is 41.6 Å². The number of benzene rings is 2. The summed E-state index contributed by atoms with van der Waals surface area (Å²) in [6.45, 7) is 8.95. The van der Waals surface area contributed by atoms with Crippen LogP contribution in [0.15, 0.2) is 72.8 Å². The number of sulfonamides is 1. The molecule has 5 rings (SSSR count). The van der Waals surface area contributed by atoms with Gasteiger partial charge in [0.1, 0.15) is 17.7 Å². The van der Waals surface area contributed by atoms with Gasteiger partial charge >= 0.3 is 0 Å². The predicted octanol–water partition coefficient (Wildman–Crippen LogP) is 3.39. The third-order valence-corrected chi connectivity index (χ3v) is 9.93. The summed E-state index contributed by atoms with van der Waals surface area (Å²) in [6.07, 6.45) is 1.00. The molecule has 2 aromatic carbocycles. The highest BCUT2D eigenvalue weighted by molar-refractivity contribution is 7.92. The zero-order valence-electron chi connectivity index (χ0n) is 28.3. The van der Waals surface area contributed by atoms with Crippen LogP contribution in [0.25, 0.3) is 0 Å². The van der Waals surface area contributed by atoms with Gasteiger partial charge in [-0.3, -0.25) is 19.2 Å². The molecule has 254 valence electrons. The summed E-state index contributed by atoms with van der Waals surface area (Å²) in [6, 6.07) is 22.0. The van der Waals surface area contributed by atoms with E-state index in [1.807, 2.05) is 74.3 Å². The molecule has 3 unspecified atom stereocenters. The number of hydrogen-bond acceptors (Lipinski definition) is 8. The van der Waals surface area contributed by atoms with Crippen molar-refractivity contribution >= 4 is 33.5 Å². The third kappa shape index (κ3) is 9.52. The number of anilines is 2. The van der Waals surface area contributed by atoms with Crippen LogP contribution < -0.4 is 19.8 Å². The quantitative estimate of drug-likeness (QED) is 0.284. The lowest BCUT2D eigenvalue weighted by molar-refractivity contribution is -0.133. The van der Waals surface area contributed by atoms with Gasteiger partial charge in [-0.05, 0) is 56.7 Å². The molecule has 11 nitrogen and oxygen atoms in total. The molecule has 47 heavy (non-hydrogen) atoms. The lowest BCUT2D eigenvalue weighted by atomic mass is 10.1. The number of carbonyl (C=O) groups is 2. The molecule has 0 bridgehead atoms. The van der Waals surface area contributed by atoms with Crippen molar-refractivity contribution in [2.24, 2.45) is 11.8 Å². The van der Waals surface area contributed by atoms with Crippen molar-refractivity contribution in [3.8, 4) is 0 Å². The van der Waals surface area contributed by atoms with Crippen molar-refractivity contribution in [1.82, 2.24) is 20.5 Å². The molecule has 2 fully saturated rings. The Labute approximate surface area is 279 Å². The molecule has 1 aliphatic heterocycles. The van der Waals surface area contributed by atoms with Gasteiger partial charge in [-0.2, -0.15) is 0 Å². The number of pyridine rings is 1. The van der Waals surface area contributed by atoms with Crippen LogP contribution in [-0.2, 0) is 21.4 Å². The number of aliphatic hydroxyl groups is 1. The van der Waals surface area contributed by atoms with Gasteiger partial charge in [0, 0.05) is 39.3 Å². The average Bonchev–Trinajstić information content (AvgIpc) is 3.68. The number of hydrogen-bond donors (Lipinski definition) is 3. The second kappa shape index (κ2) is 14.8. The topological polar surface area (TPSA) is 135 Å². The van der Waals surface area contributed by atoms with Crippen LogP contribution in [0.4, 0.5) is 11.6 Å². The van der Waals surface area contributed by atoms with Crippen LogP contribution in [0.2, 0.25) is 0 Å². The molecule has 0 spiro atoms. The van der Waals surface area contributed by atoms with Crippen molar-refractivity contribution in [3.63, 3.8) is 0 Å². The van der Waals surface area contributed by atoms with Crippen LogP contribution in [0.1, 0.15) is 48.7 Å². The van der Waals surface area contributed by atoms with E-state index >= 15 is 0 Å². The first kappa shape index (κ1) is 35.8. The smallest absolute Gasteiger partial charge is 0.251 e. The molecule has 1 saturated heterocycles. The van der Waals surface area contributed by atoms with Gasteiger partial charge < -0.3 is 20.2 Å². The molecule has 0 radical (unpaired) electrons. The van der Waals surface area contributed by atoms with Gasteiger partial charge in [-0.25, -0.2) is 13.4 Å². The number of nitrogens with one attached hydrogen (secondary N) is 2. The standard InChI is InChI=1S/C28H40N6O5S.C7H8/c1-18-12-21(18)17-32(4)23-13-20(14-24(30-23)33(5)40(6,38)39)26(36)29-15-22(35)25-27(37)34(28(2,3)31-25)16-19-10-8-7-9-11-19;1-7-5-3-2-4-6-7/h7-11,13-14,18,21-22,25,31,35H,12,15-17H2,1-6H3,(H,29,36);2-6H,1H3/t18-,21?,22?,25?;/m0./s1. The van der Waals surface area contributed by atoms with Crippen molar-refractivity contribution in [2.45, 2.75) is 58.5 Å². The van der Waals surface area contributed by atoms with E-state index in [0.29, 0.717) is 24.2 Å². The largest absolute Gasteiger partial charge is 0.389 e. The second-order valence-electron chi connectivity index (χ2n) is 13.2. The Balaban J connectivity index is 0.000000632. The van der Waals surface area contributed by atoms with Crippen LogP contribution in [0.3, 0.4) is 0 Å². The number of aliphatic hydroxyl groups excluding tert-OH is 1. The summed E-state index contributed by atoms with van der Waals surface area (Å²) < 4.78 is 25.4. The van der Waals surface area contributed by atoms with Gasteiger partial charge in [0.05, 0.1) is 18.0 Å². The summed E-state index contributed by atoms with van der Waals surface area (Å²) in [4.78, 5) is 34.6. The third-order valence-electron chi connectivity index (χ3n) is 8.75. The van der Waals surface area contributed by atoms with Gasteiger partial charge in [-0.1, -0.05) is 73.2 Å². The molecule has 12 heteroatoms. The lowest BCUT2D eigenvalue weighted by Gasteiger charge is -2.31. The van der Waals surface area contributed by atoms with Crippen molar-refractivity contribution in [2.75, 3.05) is 42.6 Å². The lowest BCUT2D eigenvalue weighted by Crippen LogP contribution is -2.50. The van der Waals surface area contributed by atoms with Crippen LogP contribution in [0, 0.1) is 18.8 Å². The minimum Gasteiger partial charge on any atom is -0.389 e. The number of amides is 2. The SMILES string of the molecule is C[C@H]1CC1CN(C)c1cc(C(=O)NCC(O)C2NC(C)(C)N(Cc3ccccc3)C2=O)cc(N(C)S(C)(=O)=O)n1.Cc1ccccc1. The van der Waals surface area contributed by atoms with E-state index in [-0.39, 0.29) is 23.8 Å². The fourth-order valence-electron chi connectivity index (χ4n) is 5.48. The molecule has 1 aliphatic carbocycles. The normalized spacial score (nSPS) is 20.6. The summed E-state index contributed by atoms with van der Waals surface area (Å²) in [5.74, 6) is 0.975. The highest BCUT2D eigenvalue weighted by atomic mass is 32.2. The Morgan fingerprint density at radius 3 is 2.19 bits per heavy atom. The average molecular weight is 665 g/mol. The van der Waals surface area contributed by atoms with Gasteiger partial charge in [-0.15, -0.1) is 0 Å². The molecule has 2 aliphatic rings. The van der Waals surface area contributed by atoms with E-state index in [0.717, 1.165) is 29.1 Å². The Hall–Kier alpha value is -4.00. The first-order valence-corrected chi connectivity index (χ1v) is 17.7. The Morgan fingerprint density at radius 2 is 1.66 bits per heavy atom. The Morgan fingerprint density at radius 1 is 1.09 bits per heavy atom. The van der Waals surface area contributed by atoms with Crippen molar-refractivity contribution in [3.05, 3.63) is 89.5 Å². The molecule has 4 atom stereocenters. The number of nitrogens with zero attached hydrogens (tertiary/aromatic N) is 4. The second-order valence-corrected chi connectivity index (χ2v) is 15.2. The maximum Gasteiger partial charge on any atom is 0.251 e. The molecule has 2 amide bonds. The number of aryl methyl sites for hydroxylation is 1. The molecule has 1 saturated carbocycles.